The highest BCUT2D eigenvalue weighted by Gasteiger charge is 2.04. The maximum Gasteiger partial charge on any atom is 0.161 e. The summed E-state index contributed by atoms with van der Waals surface area (Å²) in [5.41, 5.74) is 3.41. The highest BCUT2D eigenvalue weighted by molar-refractivity contribution is 6.31. The van der Waals surface area contributed by atoms with Crippen LogP contribution in [-0.4, -0.2) is 14.2 Å². The van der Waals surface area contributed by atoms with Gasteiger partial charge in [-0.15, -0.1) is 0 Å². The summed E-state index contributed by atoms with van der Waals surface area (Å²) in [4.78, 5) is 0. The highest BCUT2D eigenvalue weighted by atomic mass is 35.5. The van der Waals surface area contributed by atoms with Crippen molar-refractivity contribution in [3.63, 3.8) is 0 Å². The summed E-state index contributed by atoms with van der Waals surface area (Å²) < 4.78 is 10.5. The van der Waals surface area contributed by atoms with Crippen molar-refractivity contribution in [1.82, 2.24) is 5.32 Å². The van der Waals surface area contributed by atoms with E-state index < -0.39 is 0 Å². The molecule has 0 unspecified atom stereocenters. The van der Waals surface area contributed by atoms with Crippen LogP contribution in [0.25, 0.3) is 0 Å². The number of hydrogen-bond acceptors (Lipinski definition) is 3. The second kappa shape index (κ2) is 7.34. The van der Waals surface area contributed by atoms with Crippen LogP contribution in [0.1, 0.15) is 16.7 Å². The molecule has 0 bridgehead atoms. The van der Waals surface area contributed by atoms with E-state index in [1.54, 1.807) is 14.2 Å². The zero-order chi connectivity index (χ0) is 15.2. The Morgan fingerprint density at radius 1 is 0.905 bits per heavy atom. The molecule has 0 fully saturated rings. The van der Waals surface area contributed by atoms with E-state index in [1.807, 2.05) is 37.3 Å². The van der Waals surface area contributed by atoms with E-state index in [9.17, 15) is 0 Å². The van der Waals surface area contributed by atoms with Gasteiger partial charge in [0.05, 0.1) is 14.2 Å². The maximum atomic E-state index is 6.12. The third-order valence-corrected chi connectivity index (χ3v) is 3.75. The number of ether oxygens (including phenoxy) is 2. The monoisotopic (exact) mass is 305 g/mol. The molecule has 0 aromatic heterocycles. The quantitative estimate of drug-likeness (QED) is 0.876. The molecule has 0 heterocycles. The van der Waals surface area contributed by atoms with Crippen LogP contribution in [0.15, 0.2) is 36.4 Å². The summed E-state index contributed by atoms with van der Waals surface area (Å²) in [7, 11) is 3.28. The van der Waals surface area contributed by atoms with Gasteiger partial charge in [0.15, 0.2) is 11.5 Å². The molecule has 0 aliphatic carbocycles. The molecule has 2 aromatic rings. The second-order valence-corrected chi connectivity index (χ2v) is 5.28. The fraction of sp³-hybridized carbons (Fsp3) is 0.294. The van der Waals surface area contributed by atoms with E-state index in [0.29, 0.717) is 0 Å². The largest absolute Gasteiger partial charge is 0.493 e. The Hall–Kier alpha value is -1.71. The lowest BCUT2D eigenvalue weighted by Crippen LogP contribution is -2.12. The van der Waals surface area contributed by atoms with Crippen molar-refractivity contribution in [2.24, 2.45) is 0 Å². The van der Waals surface area contributed by atoms with Crippen molar-refractivity contribution >= 4 is 11.6 Å². The number of halogens is 1. The van der Waals surface area contributed by atoms with Crippen LogP contribution in [-0.2, 0) is 13.1 Å². The van der Waals surface area contributed by atoms with Crippen molar-refractivity contribution in [2.45, 2.75) is 20.0 Å². The van der Waals surface area contributed by atoms with Crippen LogP contribution in [0.5, 0.6) is 11.5 Å². The summed E-state index contributed by atoms with van der Waals surface area (Å²) >= 11 is 6.12. The number of rotatable bonds is 6. The summed E-state index contributed by atoms with van der Waals surface area (Å²) in [5.74, 6) is 1.49. The van der Waals surface area contributed by atoms with Gasteiger partial charge in [-0.05, 0) is 41.8 Å². The number of nitrogens with one attached hydrogen (secondary N) is 1. The summed E-state index contributed by atoms with van der Waals surface area (Å²) in [6, 6.07) is 12.0. The Labute approximate surface area is 130 Å². The molecular weight excluding hydrogens is 286 g/mol. The van der Waals surface area contributed by atoms with E-state index >= 15 is 0 Å². The van der Waals surface area contributed by atoms with Gasteiger partial charge in [0.25, 0.3) is 0 Å². The molecule has 0 saturated heterocycles. The third kappa shape index (κ3) is 4.13. The molecule has 0 aliphatic heterocycles. The van der Waals surface area contributed by atoms with Crippen molar-refractivity contribution in [3.8, 4) is 11.5 Å². The molecule has 2 rings (SSSR count). The average molecular weight is 306 g/mol. The average Bonchev–Trinajstić information content (AvgIpc) is 2.50. The summed E-state index contributed by atoms with van der Waals surface area (Å²) in [5, 5.41) is 4.20. The first-order valence-corrected chi connectivity index (χ1v) is 7.18. The van der Waals surface area contributed by atoms with E-state index in [2.05, 4.69) is 11.4 Å². The van der Waals surface area contributed by atoms with Gasteiger partial charge >= 0.3 is 0 Å². The topological polar surface area (TPSA) is 30.5 Å². The van der Waals surface area contributed by atoms with Crippen LogP contribution in [0.3, 0.4) is 0 Å². The normalized spacial score (nSPS) is 10.5. The molecule has 21 heavy (non-hydrogen) atoms. The lowest BCUT2D eigenvalue weighted by Gasteiger charge is -2.10. The van der Waals surface area contributed by atoms with Crippen molar-refractivity contribution < 1.29 is 9.47 Å². The number of benzene rings is 2. The van der Waals surface area contributed by atoms with E-state index in [-0.39, 0.29) is 0 Å². The zero-order valence-electron chi connectivity index (χ0n) is 12.6. The van der Waals surface area contributed by atoms with Gasteiger partial charge < -0.3 is 14.8 Å². The summed E-state index contributed by atoms with van der Waals surface area (Å²) in [6.07, 6.45) is 0. The first-order valence-electron chi connectivity index (χ1n) is 6.80. The molecule has 1 N–H and O–H groups in total. The molecule has 0 saturated carbocycles. The van der Waals surface area contributed by atoms with E-state index in [4.69, 9.17) is 21.1 Å². The number of methoxy groups -OCH3 is 2. The highest BCUT2D eigenvalue weighted by Crippen LogP contribution is 2.27. The molecule has 0 radical (unpaired) electrons. The van der Waals surface area contributed by atoms with Crippen LogP contribution >= 0.6 is 11.6 Å². The van der Waals surface area contributed by atoms with Crippen LogP contribution in [0.2, 0.25) is 5.02 Å². The zero-order valence-corrected chi connectivity index (χ0v) is 13.3. The minimum atomic E-state index is 0.742. The van der Waals surface area contributed by atoms with Crippen molar-refractivity contribution in [2.75, 3.05) is 14.2 Å². The first-order chi connectivity index (χ1) is 10.1. The Balaban J connectivity index is 1.95. The molecule has 4 heteroatoms. The molecule has 0 spiro atoms. The minimum Gasteiger partial charge on any atom is -0.493 e. The predicted octanol–water partition coefficient (Wildman–Crippen LogP) is 3.96. The standard InChI is InChI=1S/C17H20ClNO2/c1-12-4-5-13(8-15(12)18)10-19-11-14-6-7-16(20-2)17(9-14)21-3/h4-9,19H,10-11H2,1-3H3. The second-order valence-electron chi connectivity index (χ2n) is 4.88. The summed E-state index contributed by atoms with van der Waals surface area (Å²) in [6.45, 7) is 3.53. The Kier molecular flexibility index (Phi) is 5.48. The van der Waals surface area contributed by atoms with Gasteiger partial charge in [0, 0.05) is 18.1 Å². The van der Waals surface area contributed by atoms with Gasteiger partial charge in [-0.1, -0.05) is 29.8 Å². The smallest absolute Gasteiger partial charge is 0.161 e. The molecule has 0 amide bonds. The number of aryl methyl sites for hydroxylation is 1. The van der Waals surface area contributed by atoms with Crippen LogP contribution in [0, 0.1) is 6.92 Å². The van der Waals surface area contributed by atoms with Crippen molar-refractivity contribution in [3.05, 3.63) is 58.1 Å². The van der Waals surface area contributed by atoms with Gasteiger partial charge in [0.1, 0.15) is 0 Å². The van der Waals surface area contributed by atoms with Crippen molar-refractivity contribution in [1.29, 1.82) is 0 Å². The fourth-order valence-electron chi connectivity index (χ4n) is 2.09. The Morgan fingerprint density at radius 3 is 2.14 bits per heavy atom. The van der Waals surface area contributed by atoms with Gasteiger partial charge in [-0.2, -0.15) is 0 Å². The minimum absolute atomic E-state index is 0.742. The van der Waals surface area contributed by atoms with Gasteiger partial charge in [-0.25, -0.2) is 0 Å². The first kappa shape index (κ1) is 15.7. The molecular formula is C17H20ClNO2. The lowest BCUT2D eigenvalue weighted by atomic mass is 10.1. The van der Waals surface area contributed by atoms with Crippen LogP contribution in [0.4, 0.5) is 0 Å². The Morgan fingerprint density at radius 2 is 1.52 bits per heavy atom. The maximum absolute atomic E-state index is 6.12. The Bertz CT molecular complexity index is 614. The lowest BCUT2D eigenvalue weighted by molar-refractivity contribution is 0.354. The molecule has 0 aliphatic rings. The predicted molar refractivity (Wildman–Crippen MR) is 86.3 cm³/mol. The van der Waals surface area contributed by atoms with Gasteiger partial charge in [-0.3, -0.25) is 0 Å². The number of hydrogen-bond donors (Lipinski definition) is 1. The molecule has 3 nitrogen and oxygen atoms in total. The third-order valence-electron chi connectivity index (χ3n) is 3.34. The molecule has 2 aromatic carbocycles. The SMILES string of the molecule is COc1ccc(CNCc2ccc(C)c(Cl)c2)cc1OC. The van der Waals surface area contributed by atoms with E-state index in [1.165, 1.54) is 5.56 Å². The van der Waals surface area contributed by atoms with Gasteiger partial charge in [0.2, 0.25) is 0 Å². The fourth-order valence-corrected chi connectivity index (χ4v) is 2.29. The molecule has 112 valence electrons. The molecule has 0 atom stereocenters. The van der Waals surface area contributed by atoms with E-state index in [0.717, 1.165) is 40.7 Å². The van der Waals surface area contributed by atoms with Crippen LogP contribution < -0.4 is 14.8 Å².